The molecule has 2 N–H and O–H groups in total. The summed E-state index contributed by atoms with van der Waals surface area (Å²) in [5, 5.41) is 4.14. The fourth-order valence-corrected chi connectivity index (χ4v) is 2.46. The summed E-state index contributed by atoms with van der Waals surface area (Å²) >= 11 is 1.84. The molecule has 0 aliphatic heterocycles. The second-order valence-corrected chi connectivity index (χ2v) is 5.20. The third kappa shape index (κ3) is 2.70. The van der Waals surface area contributed by atoms with Crippen LogP contribution in [0, 0.1) is 0 Å². The van der Waals surface area contributed by atoms with E-state index in [1.54, 1.807) is 6.20 Å². The number of nitrogens with zero attached hydrogens (tertiary/aromatic N) is 2. The summed E-state index contributed by atoms with van der Waals surface area (Å²) in [5.74, 6) is 1.09. The Morgan fingerprint density at radius 2 is 2.00 bits per heavy atom. The number of nitrogens with two attached hydrogens (primary N) is 1. The van der Waals surface area contributed by atoms with Gasteiger partial charge in [-0.2, -0.15) is 5.10 Å². The lowest BCUT2D eigenvalue weighted by molar-refractivity contribution is 0.673. The molecule has 2 aromatic rings. The van der Waals surface area contributed by atoms with Gasteiger partial charge in [-0.1, -0.05) is 19.1 Å². The third-order valence-electron chi connectivity index (χ3n) is 2.73. The van der Waals surface area contributed by atoms with E-state index in [0.717, 1.165) is 17.0 Å². The zero-order valence-corrected chi connectivity index (χ0v) is 10.9. The molecule has 0 aliphatic rings. The highest BCUT2D eigenvalue weighted by atomic mass is 32.2. The van der Waals surface area contributed by atoms with E-state index in [1.165, 1.54) is 4.90 Å². The molecule has 1 heterocycles. The highest BCUT2D eigenvalue weighted by Crippen LogP contribution is 2.23. The maximum Gasteiger partial charge on any atom is 0.0723 e. The zero-order valence-electron chi connectivity index (χ0n) is 10.1. The molecule has 0 saturated heterocycles. The van der Waals surface area contributed by atoms with Gasteiger partial charge < -0.3 is 5.73 Å². The van der Waals surface area contributed by atoms with Gasteiger partial charge >= 0.3 is 0 Å². The van der Waals surface area contributed by atoms with Crippen LogP contribution in [0.25, 0.3) is 0 Å². The Hall–Kier alpha value is -1.26. The molecule has 3 nitrogen and oxygen atoms in total. The summed E-state index contributed by atoms with van der Waals surface area (Å²) in [6, 6.07) is 10.3. The van der Waals surface area contributed by atoms with Crippen LogP contribution in [0.1, 0.15) is 24.2 Å². The van der Waals surface area contributed by atoms with Crippen LogP contribution in [0.4, 0.5) is 0 Å². The molecule has 0 amide bonds. The fraction of sp³-hybridized carbons (Fsp3) is 0.308. The van der Waals surface area contributed by atoms with E-state index in [-0.39, 0.29) is 6.04 Å². The summed E-state index contributed by atoms with van der Waals surface area (Å²) in [4.78, 5) is 1.29. The molecular formula is C13H17N3S. The smallest absolute Gasteiger partial charge is 0.0723 e. The topological polar surface area (TPSA) is 43.8 Å². The van der Waals surface area contributed by atoms with E-state index >= 15 is 0 Å². The van der Waals surface area contributed by atoms with E-state index < -0.39 is 0 Å². The van der Waals surface area contributed by atoms with Crippen molar-refractivity contribution in [3.05, 3.63) is 47.8 Å². The van der Waals surface area contributed by atoms with Gasteiger partial charge in [0.1, 0.15) is 0 Å². The van der Waals surface area contributed by atoms with Crippen LogP contribution in [-0.4, -0.2) is 15.5 Å². The van der Waals surface area contributed by atoms with Crippen LogP contribution in [0.5, 0.6) is 0 Å². The van der Waals surface area contributed by atoms with Gasteiger partial charge in [0.05, 0.1) is 11.7 Å². The number of thioether (sulfide) groups is 1. The van der Waals surface area contributed by atoms with Crippen LogP contribution in [0.3, 0.4) is 0 Å². The Balaban J connectivity index is 2.20. The average molecular weight is 247 g/mol. The molecule has 17 heavy (non-hydrogen) atoms. The summed E-state index contributed by atoms with van der Waals surface area (Å²) < 4.78 is 1.82. The quantitative estimate of drug-likeness (QED) is 0.845. The van der Waals surface area contributed by atoms with Gasteiger partial charge in [-0.05, 0) is 29.5 Å². The number of aromatic nitrogens is 2. The minimum Gasteiger partial charge on any atom is -0.319 e. The first kappa shape index (κ1) is 12.2. The molecule has 1 atom stereocenters. The first-order valence-corrected chi connectivity index (χ1v) is 6.67. The number of aryl methyl sites for hydroxylation is 1. The van der Waals surface area contributed by atoms with Gasteiger partial charge in [0.15, 0.2) is 0 Å². The van der Waals surface area contributed by atoms with E-state index in [0.29, 0.717) is 0 Å². The maximum atomic E-state index is 6.22. The summed E-state index contributed by atoms with van der Waals surface area (Å²) in [5.41, 5.74) is 8.37. The molecule has 0 aliphatic carbocycles. The van der Waals surface area contributed by atoms with Crippen molar-refractivity contribution in [2.45, 2.75) is 17.9 Å². The lowest BCUT2D eigenvalue weighted by Gasteiger charge is -2.12. The Morgan fingerprint density at radius 3 is 2.53 bits per heavy atom. The Morgan fingerprint density at radius 1 is 1.29 bits per heavy atom. The Kier molecular flexibility index (Phi) is 3.86. The molecular weight excluding hydrogens is 230 g/mol. The van der Waals surface area contributed by atoms with Crippen molar-refractivity contribution in [1.82, 2.24) is 9.78 Å². The summed E-state index contributed by atoms with van der Waals surface area (Å²) in [7, 11) is 1.91. The van der Waals surface area contributed by atoms with E-state index in [9.17, 15) is 0 Å². The van der Waals surface area contributed by atoms with Crippen LogP contribution in [0.2, 0.25) is 0 Å². The van der Waals surface area contributed by atoms with Gasteiger partial charge in [-0.15, -0.1) is 11.8 Å². The average Bonchev–Trinajstić information content (AvgIpc) is 2.76. The number of hydrogen-bond acceptors (Lipinski definition) is 3. The fourth-order valence-electron chi connectivity index (χ4n) is 1.80. The van der Waals surface area contributed by atoms with Gasteiger partial charge in [0, 0.05) is 18.1 Å². The lowest BCUT2D eigenvalue weighted by Crippen LogP contribution is -2.15. The number of hydrogen-bond donors (Lipinski definition) is 1. The van der Waals surface area contributed by atoms with Crippen molar-refractivity contribution in [3.63, 3.8) is 0 Å². The Bertz CT molecular complexity index is 476. The monoisotopic (exact) mass is 247 g/mol. The molecule has 90 valence electrons. The zero-order chi connectivity index (χ0) is 12.3. The van der Waals surface area contributed by atoms with Crippen molar-refractivity contribution in [3.8, 4) is 0 Å². The van der Waals surface area contributed by atoms with Crippen molar-refractivity contribution in [2.24, 2.45) is 12.8 Å². The maximum absolute atomic E-state index is 6.22. The molecule has 1 aromatic heterocycles. The van der Waals surface area contributed by atoms with E-state index in [4.69, 9.17) is 5.73 Å². The molecule has 2 rings (SSSR count). The minimum atomic E-state index is -0.108. The molecule has 1 aromatic carbocycles. The normalized spacial score (nSPS) is 12.6. The van der Waals surface area contributed by atoms with E-state index in [1.807, 2.05) is 29.6 Å². The van der Waals surface area contributed by atoms with Crippen LogP contribution in [-0.2, 0) is 7.05 Å². The van der Waals surface area contributed by atoms with Crippen molar-refractivity contribution >= 4 is 11.8 Å². The minimum absolute atomic E-state index is 0.108. The first-order valence-electron chi connectivity index (χ1n) is 5.68. The molecule has 0 radical (unpaired) electrons. The van der Waals surface area contributed by atoms with E-state index in [2.05, 4.69) is 36.3 Å². The molecule has 0 spiro atoms. The van der Waals surface area contributed by atoms with Gasteiger partial charge in [-0.3, -0.25) is 4.68 Å². The van der Waals surface area contributed by atoms with Crippen molar-refractivity contribution in [2.75, 3.05) is 5.75 Å². The second-order valence-electron chi connectivity index (χ2n) is 3.86. The van der Waals surface area contributed by atoms with Gasteiger partial charge in [0.2, 0.25) is 0 Å². The van der Waals surface area contributed by atoms with Crippen LogP contribution in [0.15, 0.2) is 41.4 Å². The molecule has 4 heteroatoms. The number of rotatable bonds is 4. The SMILES string of the molecule is CCSc1ccc(C(N)c2ccnn2C)cc1. The number of benzene rings is 1. The highest BCUT2D eigenvalue weighted by Gasteiger charge is 2.11. The van der Waals surface area contributed by atoms with Crippen LogP contribution >= 0.6 is 11.8 Å². The second kappa shape index (κ2) is 5.38. The first-order chi connectivity index (χ1) is 8.22. The third-order valence-corrected chi connectivity index (χ3v) is 3.62. The molecule has 0 saturated carbocycles. The standard InChI is InChI=1S/C13H17N3S/c1-3-17-11-6-4-10(5-7-11)13(14)12-8-9-15-16(12)2/h4-9,13H,3,14H2,1-2H3. The summed E-state index contributed by atoms with van der Waals surface area (Å²) in [6.45, 7) is 2.15. The van der Waals surface area contributed by atoms with Gasteiger partial charge in [0.25, 0.3) is 0 Å². The van der Waals surface area contributed by atoms with Crippen molar-refractivity contribution < 1.29 is 0 Å². The van der Waals surface area contributed by atoms with Gasteiger partial charge in [-0.25, -0.2) is 0 Å². The van der Waals surface area contributed by atoms with Crippen LogP contribution < -0.4 is 5.73 Å². The predicted molar refractivity (Wildman–Crippen MR) is 72.1 cm³/mol. The highest BCUT2D eigenvalue weighted by molar-refractivity contribution is 7.99. The summed E-state index contributed by atoms with van der Waals surface area (Å²) in [6.07, 6.45) is 1.77. The Labute approximate surface area is 106 Å². The molecule has 0 fully saturated rings. The molecule has 0 bridgehead atoms. The predicted octanol–water partition coefficient (Wildman–Crippen LogP) is 2.58. The molecule has 1 unspecified atom stereocenters. The lowest BCUT2D eigenvalue weighted by atomic mass is 10.1. The largest absolute Gasteiger partial charge is 0.319 e. The van der Waals surface area contributed by atoms with Crippen molar-refractivity contribution in [1.29, 1.82) is 0 Å².